The number of nitrogens with zero attached hydrogens (tertiary/aromatic N) is 1. The van der Waals surface area contributed by atoms with Crippen LogP contribution in [0.15, 0.2) is 36.4 Å². The van der Waals surface area contributed by atoms with Crippen molar-refractivity contribution in [2.24, 2.45) is 0 Å². The molecule has 2 aromatic rings. The lowest BCUT2D eigenvalue weighted by atomic mass is 9.71. The fourth-order valence-corrected chi connectivity index (χ4v) is 6.00. The van der Waals surface area contributed by atoms with Crippen LogP contribution >= 0.6 is 11.6 Å². The van der Waals surface area contributed by atoms with E-state index in [2.05, 4.69) is 0 Å². The van der Waals surface area contributed by atoms with Gasteiger partial charge < -0.3 is 28.8 Å². The first kappa shape index (κ1) is 28.2. The van der Waals surface area contributed by atoms with Crippen LogP contribution in [0.5, 0.6) is 5.75 Å². The summed E-state index contributed by atoms with van der Waals surface area (Å²) in [4.78, 5) is 15.0. The van der Waals surface area contributed by atoms with Crippen molar-refractivity contribution in [3.05, 3.63) is 58.4 Å². The lowest BCUT2D eigenvalue weighted by Gasteiger charge is -2.42. The van der Waals surface area contributed by atoms with Gasteiger partial charge in [0, 0.05) is 29.2 Å². The summed E-state index contributed by atoms with van der Waals surface area (Å²) in [6.45, 7) is 13.4. The van der Waals surface area contributed by atoms with Crippen molar-refractivity contribution < 1.29 is 33.1 Å². The van der Waals surface area contributed by atoms with E-state index < -0.39 is 53.6 Å². The summed E-state index contributed by atoms with van der Waals surface area (Å²) in [6.07, 6.45) is -0.594. The van der Waals surface area contributed by atoms with Crippen molar-refractivity contribution >= 4 is 30.3 Å². The largest absolute Gasteiger partial charge is 0.497 e. The number of hydrogen-bond acceptors (Lipinski definition) is 6. The predicted molar refractivity (Wildman–Crippen MR) is 147 cm³/mol. The topological polar surface area (TPSA) is 77.5 Å². The van der Waals surface area contributed by atoms with Crippen molar-refractivity contribution in [3.8, 4) is 5.75 Å². The first-order valence-electron chi connectivity index (χ1n) is 13.4. The van der Waals surface area contributed by atoms with E-state index in [4.69, 9.17) is 30.4 Å². The summed E-state index contributed by atoms with van der Waals surface area (Å²) in [6, 6.07) is 9.80. The molecule has 5 rings (SSSR count). The van der Waals surface area contributed by atoms with Gasteiger partial charge in [-0.3, -0.25) is 0 Å². The summed E-state index contributed by atoms with van der Waals surface area (Å²) in [5, 5.41) is 12.1. The summed E-state index contributed by atoms with van der Waals surface area (Å²) < 4.78 is 40.2. The molecule has 210 valence electrons. The third-order valence-electron chi connectivity index (χ3n) is 8.31. The Morgan fingerprint density at radius 1 is 1.15 bits per heavy atom. The zero-order valence-electron chi connectivity index (χ0n) is 23.5. The number of aliphatic hydroxyl groups is 1. The highest BCUT2D eigenvalue weighted by atomic mass is 35.5. The highest BCUT2D eigenvalue weighted by Gasteiger charge is 2.62. The summed E-state index contributed by atoms with van der Waals surface area (Å²) in [7, 11) is -1.04. The van der Waals surface area contributed by atoms with Gasteiger partial charge in [-0.05, 0) is 61.3 Å². The van der Waals surface area contributed by atoms with Gasteiger partial charge in [-0.2, -0.15) is 0 Å². The minimum absolute atomic E-state index is 0.133. The molecule has 0 aromatic heterocycles. The first-order valence-corrected chi connectivity index (χ1v) is 13.8. The molecule has 2 aromatic carbocycles. The molecule has 0 spiro atoms. The van der Waals surface area contributed by atoms with Crippen molar-refractivity contribution in [2.75, 3.05) is 6.54 Å². The van der Waals surface area contributed by atoms with E-state index in [1.807, 2.05) is 58.0 Å². The molecule has 2 fully saturated rings. The van der Waals surface area contributed by atoms with E-state index in [1.165, 1.54) is 6.07 Å². The number of ether oxygens (including phenoxy) is 2. The molecule has 3 aliphatic rings. The summed E-state index contributed by atoms with van der Waals surface area (Å²) in [5.41, 5.74) is -2.47. The highest BCUT2D eigenvalue weighted by molar-refractivity contribution is 6.66. The fraction of sp³-hybridized carbons (Fsp3) is 0.552. The molecule has 39 heavy (non-hydrogen) atoms. The molecule has 3 heterocycles. The Morgan fingerprint density at radius 3 is 2.36 bits per heavy atom. The standard InChI is InChI=1S/C29H36BClFNO6/c1-26(2,3)37-25(35)33-15-11-14-20(33)29(17-12-9-8-10-13-17)24(34)21-19(36-29)16-18(32)23(31)22(21)30-38-27(4,5)28(6,7)39-30/h8-10,12-13,16,20,24,34H,11,14-15H2,1-7H3/t20?,24-,29-/m0/s1. The average molecular weight is 560 g/mol. The molecule has 1 unspecified atom stereocenters. The first-order chi connectivity index (χ1) is 18.1. The van der Waals surface area contributed by atoms with Crippen LogP contribution in [0.1, 0.15) is 78.5 Å². The number of likely N-dealkylation sites (tertiary alicyclic amines) is 1. The number of benzene rings is 2. The van der Waals surface area contributed by atoms with Crippen LogP contribution in [0.3, 0.4) is 0 Å². The van der Waals surface area contributed by atoms with Gasteiger partial charge in [0.25, 0.3) is 0 Å². The molecule has 3 aliphatic heterocycles. The monoisotopic (exact) mass is 559 g/mol. The van der Waals surface area contributed by atoms with E-state index in [-0.39, 0.29) is 16.2 Å². The molecule has 0 saturated carbocycles. The van der Waals surface area contributed by atoms with Crippen LogP contribution < -0.4 is 10.2 Å². The Morgan fingerprint density at radius 2 is 1.77 bits per heavy atom. The maximum Gasteiger partial charge on any atom is 0.497 e. The highest BCUT2D eigenvalue weighted by Crippen LogP contribution is 2.55. The number of carbonyl (C=O) groups excluding carboxylic acids is 1. The van der Waals surface area contributed by atoms with E-state index in [9.17, 15) is 9.90 Å². The van der Waals surface area contributed by atoms with Crippen molar-refractivity contribution in [3.63, 3.8) is 0 Å². The number of hydrogen-bond donors (Lipinski definition) is 1. The van der Waals surface area contributed by atoms with Crippen LogP contribution in [0.4, 0.5) is 9.18 Å². The van der Waals surface area contributed by atoms with Crippen LogP contribution in [-0.4, -0.2) is 52.6 Å². The second kappa shape index (κ2) is 9.37. The van der Waals surface area contributed by atoms with E-state index in [0.717, 1.165) is 0 Å². The molecule has 1 N–H and O–H groups in total. The molecule has 0 aliphatic carbocycles. The zero-order chi connectivity index (χ0) is 28.5. The molecule has 0 radical (unpaired) electrons. The van der Waals surface area contributed by atoms with E-state index in [0.29, 0.717) is 30.5 Å². The van der Waals surface area contributed by atoms with Gasteiger partial charge >= 0.3 is 13.2 Å². The van der Waals surface area contributed by atoms with Crippen LogP contribution in [0.2, 0.25) is 5.02 Å². The lowest BCUT2D eigenvalue weighted by molar-refractivity contribution is -0.0860. The smallest absolute Gasteiger partial charge is 0.477 e. The Kier molecular flexibility index (Phi) is 6.78. The third kappa shape index (κ3) is 4.51. The van der Waals surface area contributed by atoms with E-state index in [1.54, 1.807) is 25.7 Å². The number of aliphatic hydroxyl groups excluding tert-OH is 1. The molecule has 3 atom stereocenters. The maximum atomic E-state index is 15.3. The molecule has 2 saturated heterocycles. The summed E-state index contributed by atoms with van der Waals surface area (Å²) >= 11 is 6.57. The Labute approximate surface area is 234 Å². The van der Waals surface area contributed by atoms with Gasteiger partial charge in [0.1, 0.15) is 23.3 Å². The quantitative estimate of drug-likeness (QED) is 0.501. The van der Waals surface area contributed by atoms with Crippen LogP contribution in [-0.2, 0) is 19.6 Å². The van der Waals surface area contributed by atoms with Crippen molar-refractivity contribution in [1.29, 1.82) is 0 Å². The summed E-state index contributed by atoms with van der Waals surface area (Å²) in [5.74, 6) is -0.583. The number of carbonyl (C=O) groups is 1. The minimum atomic E-state index is -1.45. The molecule has 0 bridgehead atoms. The van der Waals surface area contributed by atoms with Gasteiger partial charge in [0.05, 0.1) is 22.3 Å². The molecular formula is C29H36BClFNO6. The number of rotatable bonds is 3. The zero-order valence-corrected chi connectivity index (χ0v) is 24.3. The molecular weight excluding hydrogens is 524 g/mol. The molecule has 1 amide bonds. The van der Waals surface area contributed by atoms with Gasteiger partial charge in [-0.1, -0.05) is 41.9 Å². The fourth-order valence-electron chi connectivity index (χ4n) is 5.76. The van der Waals surface area contributed by atoms with Crippen LogP contribution in [0, 0.1) is 5.82 Å². The minimum Gasteiger partial charge on any atom is -0.477 e. The maximum absolute atomic E-state index is 15.3. The second-order valence-electron chi connectivity index (χ2n) is 12.6. The van der Waals surface area contributed by atoms with Crippen molar-refractivity contribution in [1.82, 2.24) is 4.90 Å². The SMILES string of the molecule is CC(C)(C)OC(=O)N1CCCC1[C@]1(c2ccccc2)Oc2cc(F)c(Cl)c(B3OC(C)(C)C(C)(C)O3)c2[C@@H]1O. The van der Waals surface area contributed by atoms with Gasteiger partial charge in [-0.15, -0.1) is 0 Å². The van der Waals surface area contributed by atoms with E-state index >= 15 is 4.39 Å². The van der Waals surface area contributed by atoms with Crippen LogP contribution in [0.25, 0.3) is 0 Å². The van der Waals surface area contributed by atoms with Gasteiger partial charge in [-0.25, -0.2) is 9.18 Å². The third-order valence-corrected chi connectivity index (χ3v) is 8.69. The second-order valence-corrected chi connectivity index (χ2v) is 13.0. The van der Waals surface area contributed by atoms with Gasteiger partial charge in [0.15, 0.2) is 5.60 Å². The van der Waals surface area contributed by atoms with Crippen molar-refractivity contribution in [2.45, 2.75) is 95.9 Å². The number of amides is 1. The normalized spacial score (nSPS) is 27.4. The van der Waals surface area contributed by atoms with Gasteiger partial charge in [0.2, 0.25) is 0 Å². The Balaban J connectivity index is 1.66. The Hall–Kier alpha value is -2.33. The predicted octanol–water partition coefficient (Wildman–Crippen LogP) is 5.50. The molecule has 10 heteroatoms. The molecule has 7 nitrogen and oxygen atoms in total. The Bertz CT molecular complexity index is 1270. The number of halogens is 2. The lowest BCUT2D eigenvalue weighted by Crippen LogP contribution is -2.55. The average Bonchev–Trinajstić information content (AvgIpc) is 3.48. The number of fused-ring (bicyclic) bond motifs is 1.